The first-order valence-corrected chi connectivity index (χ1v) is 6.82. The largest absolute Gasteiger partial charge is 0.418 e. The van der Waals surface area contributed by atoms with E-state index in [1.54, 1.807) is 24.3 Å². The Bertz CT molecular complexity index is 905. The van der Waals surface area contributed by atoms with Gasteiger partial charge in [0, 0.05) is 0 Å². The van der Waals surface area contributed by atoms with Crippen LogP contribution in [0.5, 0.6) is 0 Å². The van der Waals surface area contributed by atoms with Crippen molar-refractivity contribution in [3.63, 3.8) is 0 Å². The highest BCUT2D eigenvalue weighted by molar-refractivity contribution is 5.78. The maximum atomic E-state index is 13.3. The van der Waals surface area contributed by atoms with Crippen LogP contribution in [0.3, 0.4) is 0 Å². The Morgan fingerprint density at radius 1 is 0.875 bits per heavy atom. The molecule has 0 aliphatic heterocycles. The number of hydrogen-bond acceptors (Lipinski definition) is 1. The molecule has 0 spiro atoms. The first-order valence-electron chi connectivity index (χ1n) is 6.82. The Hall–Kier alpha value is -2.51. The second-order valence-electron chi connectivity index (χ2n) is 5.21. The van der Waals surface area contributed by atoms with E-state index in [-0.39, 0.29) is 17.6 Å². The van der Waals surface area contributed by atoms with Crippen molar-refractivity contribution in [2.24, 2.45) is 0 Å². The third-order valence-electron chi connectivity index (χ3n) is 3.60. The molecule has 126 valence electrons. The van der Waals surface area contributed by atoms with Gasteiger partial charge in [-0.3, -0.25) is 4.57 Å². The van der Waals surface area contributed by atoms with E-state index < -0.39 is 23.5 Å². The average Bonchev–Trinajstić information content (AvgIpc) is 2.80. The summed E-state index contributed by atoms with van der Waals surface area (Å²) >= 11 is 0. The van der Waals surface area contributed by atoms with Gasteiger partial charge in [0.05, 0.1) is 27.8 Å². The van der Waals surface area contributed by atoms with Crippen molar-refractivity contribution in [3.8, 4) is 5.69 Å². The zero-order chi connectivity index (χ0) is 17.7. The first kappa shape index (κ1) is 16.4. The molecule has 24 heavy (non-hydrogen) atoms. The van der Waals surface area contributed by atoms with Crippen LogP contribution in [0, 0.1) is 6.92 Å². The molecule has 0 saturated heterocycles. The monoisotopic (exact) mass is 344 g/mol. The molecule has 0 unspecified atom stereocenters. The molecule has 1 aromatic heterocycles. The van der Waals surface area contributed by atoms with Crippen molar-refractivity contribution in [2.75, 3.05) is 0 Å². The third-order valence-corrected chi connectivity index (χ3v) is 3.60. The number of benzene rings is 2. The molecule has 0 aliphatic rings. The van der Waals surface area contributed by atoms with Crippen molar-refractivity contribution < 1.29 is 26.3 Å². The number of nitrogens with zero attached hydrogens (tertiary/aromatic N) is 2. The Morgan fingerprint density at radius 3 is 2.17 bits per heavy atom. The SMILES string of the molecule is Cc1nc2ccccc2n1-c1ccc(C(F)(F)F)cc1C(F)(F)F. The van der Waals surface area contributed by atoms with Crippen LogP contribution in [0.25, 0.3) is 16.7 Å². The topological polar surface area (TPSA) is 17.8 Å². The van der Waals surface area contributed by atoms with Crippen molar-refractivity contribution >= 4 is 11.0 Å². The molecule has 0 aliphatic carbocycles. The summed E-state index contributed by atoms with van der Waals surface area (Å²) in [5.41, 5.74) is -2.24. The van der Waals surface area contributed by atoms with E-state index >= 15 is 0 Å². The quantitative estimate of drug-likeness (QED) is 0.543. The molecule has 3 rings (SSSR count). The average molecular weight is 344 g/mol. The Morgan fingerprint density at radius 2 is 1.54 bits per heavy atom. The molecule has 8 heteroatoms. The molecule has 0 radical (unpaired) electrons. The number of aromatic nitrogens is 2. The van der Waals surface area contributed by atoms with Gasteiger partial charge >= 0.3 is 12.4 Å². The van der Waals surface area contributed by atoms with Crippen molar-refractivity contribution in [3.05, 3.63) is 59.4 Å². The summed E-state index contributed by atoms with van der Waals surface area (Å²) in [7, 11) is 0. The second-order valence-corrected chi connectivity index (χ2v) is 5.21. The Kier molecular flexibility index (Phi) is 3.58. The van der Waals surface area contributed by atoms with Gasteiger partial charge in [0.25, 0.3) is 0 Å². The summed E-state index contributed by atoms with van der Waals surface area (Å²) in [5, 5.41) is 0. The normalized spacial score (nSPS) is 12.8. The van der Waals surface area contributed by atoms with Crippen LogP contribution in [0.2, 0.25) is 0 Å². The van der Waals surface area contributed by atoms with E-state index in [4.69, 9.17) is 0 Å². The van der Waals surface area contributed by atoms with E-state index in [9.17, 15) is 26.3 Å². The van der Waals surface area contributed by atoms with Crippen molar-refractivity contribution in [2.45, 2.75) is 19.3 Å². The summed E-state index contributed by atoms with van der Waals surface area (Å²) in [6.07, 6.45) is -9.79. The molecule has 2 aromatic carbocycles. The summed E-state index contributed by atoms with van der Waals surface area (Å²) < 4.78 is 79.6. The maximum Gasteiger partial charge on any atom is 0.418 e. The van der Waals surface area contributed by atoms with Gasteiger partial charge in [-0.2, -0.15) is 26.3 Å². The molecule has 0 N–H and O–H groups in total. The number of para-hydroxylation sites is 2. The standard InChI is InChI=1S/C16H10F6N2/c1-9-23-12-4-2-3-5-14(12)24(9)13-7-6-10(15(17,18)19)8-11(13)16(20,21)22/h2-8H,1H3. The summed E-state index contributed by atoms with van der Waals surface area (Å²) in [6, 6.07) is 8.08. The molecule has 0 saturated carbocycles. The number of aryl methyl sites for hydroxylation is 1. The smallest absolute Gasteiger partial charge is 0.296 e. The predicted octanol–water partition coefficient (Wildman–Crippen LogP) is 5.37. The lowest BCUT2D eigenvalue weighted by Crippen LogP contribution is -2.15. The van der Waals surface area contributed by atoms with Gasteiger partial charge < -0.3 is 0 Å². The van der Waals surface area contributed by atoms with Gasteiger partial charge in [-0.25, -0.2) is 4.98 Å². The highest BCUT2D eigenvalue weighted by Gasteiger charge is 2.39. The number of fused-ring (bicyclic) bond motifs is 1. The second kappa shape index (κ2) is 5.25. The lowest BCUT2D eigenvalue weighted by Gasteiger charge is -2.17. The maximum absolute atomic E-state index is 13.3. The van der Waals surface area contributed by atoms with Gasteiger partial charge in [-0.05, 0) is 37.3 Å². The minimum Gasteiger partial charge on any atom is -0.296 e. The number of halogens is 6. The fourth-order valence-electron chi connectivity index (χ4n) is 2.58. The van der Waals surface area contributed by atoms with Crippen LogP contribution in [0.1, 0.15) is 17.0 Å². The number of imidazole rings is 1. The van der Waals surface area contributed by atoms with E-state index in [0.29, 0.717) is 17.1 Å². The van der Waals surface area contributed by atoms with Crippen LogP contribution in [-0.2, 0) is 12.4 Å². The fourth-order valence-corrected chi connectivity index (χ4v) is 2.58. The fraction of sp³-hybridized carbons (Fsp3) is 0.188. The Balaban J connectivity index is 2.33. The zero-order valence-corrected chi connectivity index (χ0v) is 12.2. The minimum atomic E-state index is -4.94. The van der Waals surface area contributed by atoms with Gasteiger partial charge in [0.1, 0.15) is 5.82 Å². The number of hydrogen-bond donors (Lipinski definition) is 0. The van der Waals surface area contributed by atoms with Gasteiger partial charge in [0.2, 0.25) is 0 Å². The van der Waals surface area contributed by atoms with Gasteiger partial charge in [-0.15, -0.1) is 0 Å². The van der Waals surface area contributed by atoms with E-state index in [1.165, 1.54) is 11.5 Å². The zero-order valence-electron chi connectivity index (χ0n) is 12.2. The predicted molar refractivity (Wildman–Crippen MR) is 75.8 cm³/mol. The number of rotatable bonds is 1. The van der Waals surface area contributed by atoms with Crippen LogP contribution in [0.4, 0.5) is 26.3 Å². The van der Waals surface area contributed by atoms with E-state index in [1.807, 2.05) is 0 Å². The molecule has 0 fully saturated rings. The molecule has 0 amide bonds. The van der Waals surface area contributed by atoms with Gasteiger partial charge in [-0.1, -0.05) is 12.1 Å². The van der Waals surface area contributed by atoms with Crippen molar-refractivity contribution in [1.82, 2.24) is 9.55 Å². The van der Waals surface area contributed by atoms with Crippen LogP contribution in [0.15, 0.2) is 42.5 Å². The third kappa shape index (κ3) is 2.72. The molecule has 0 atom stereocenters. The molecule has 2 nitrogen and oxygen atoms in total. The summed E-state index contributed by atoms with van der Waals surface area (Å²) in [5.74, 6) is 0.251. The minimum absolute atomic E-state index is 0.129. The lowest BCUT2D eigenvalue weighted by molar-refractivity contribution is -0.143. The Labute approximate surface area is 132 Å². The van der Waals surface area contributed by atoms with E-state index in [0.717, 1.165) is 6.07 Å². The number of alkyl halides is 6. The summed E-state index contributed by atoms with van der Waals surface area (Å²) in [4.78, 5) is 4.16. The summed E-state index contributed by atoms with van der Waals surface area (Å²) in [6.45, 7) is 1.50. The lowest BCUT2D eigenvalue weighted by atomic mass is 10.1. The first-order chi connectivity index (χ1) is 11.1. The molecule has 1 heterocycles. The van der Waals surface area contributed by atoms with Crippen LogP contribution < -0.4 is 0 Å². The van der Waals surface area contributed by atoms with Crippen LogP contribution >= 0.6 is 0 Å². The molecule has 0 bridgehead atoms. The van der Waals surface area contributed by atoms with Crippen LogP contribution in [-0.4, -0.2) is 9.55 Å². The highest BCUT2D eigenvalue weighted by atomic mass is 19.4. The molecular formula is C16H10F6N2. The van der Waals surface area contributed by atoms with Gasteiger partial charge in [0.15, 0.2) is 0 Å². The highest BCUT2D eigenvalue weighted by Crippen LogP contribution is 2.39. The molecule has 3 aromatic rings. The van der Waals surface area contributed by atoms with E-state index in [2.05, 4.69) is 4.98 Å². The molecular weight excluding hydrogens is 334 g/mol. The van der Waals surface area contributed by atoms with Crippen molar-refractivity contribution in [1.29, 1.82) is 0 Å².